The zero-order valence-corrected chi connectivity index (χ0v) is 9.76. The number of rotatable bonds is 5. The maximum atomic E-state index is 12.6. The standard InChI is InChI=1S/C11H21F3N2/c1-2-16(10-5-3-4-6-10)8-9(7-15)11(12,13)14/h9-10H,2-8,15H2,1H3. The predicted molar refractivity (Wildman–Crippen MR) is 58.1 cm³/mol. The molecule has 1 saturated carbocycles. The van der Waals surface area contributed by atoms with E-state index in [1.807, 2.05) is 11.8 Å². The normalized spacial score (nSPS) is 20.6. The van der Waals surface area contributed by atoms with Crippen molar-refractivity contribution in [1.82, 2.24) is 4.90 Å². The zero-order chi connectivity index (χ0) is 12.2. The van der Waals surface area contributed by atoms with Gasteiger partial charge in [-0.2, -0.15) is 13.2 Å². The molecule has 1 fully saturated rings. The van der Waals surface area contributed by atoms with Gasteiger partial charge in [-0.3, -0.25) is 4.90 Å². The zero-order valence-electron chi connectivity index (χ0n) is 9.76. The van der Waals surface area contributed by atoms with Gasteiger partial charge in [-0.05, 0) is 19.4 Å². The summed E-state index contributed by atoms with van der Waals surface area (Å²) in [5.41, 5.74) is 5.21. The third-order valence-electron chi connectivity index (χ3n) is 3.45. The molecule has 0 saturated heterocycles. The van der Waals surface area contributed by atoms with Crippen molar-refractivity contribution in [3.8, 4) is 0 Å². The highest BCUT2D eigenvalue weighted by atomic mass is 19.4. The molecule has 1 rings (SSSR count). The van der Waals surface area contributed by atoms with Crippen LogP contribution in [0.5, 0.6) is 0 Å². The van der Waals surface area contributed by atoms with Gasteiger partial charge in [0.15, 0.2) is 0 Å². The first kappa shape index (κ1) is 13.8. The minimum absolute atomic E-state index is 0.0567. The van der Waals surface area contributed by atoms with Crippen LogP contribution in [0.4, 0.5) is 13.2 Å². The Morgan fingerprint density at radius 3 is 2.25 bits per heavy atom. The average molecular weight is 238 g/mol. The molecule has 96 valence electrons. The van der Waals surface area contributed by atoms with Crippen molar-refractivity contribution in [2.75, 3.05) is 19.6 Å². The second kappa shape index (κ2) is 5.87. The summed E-state index contributed by atoms with van der Waals surface area (Å²) in [6.07, 6.45) is 0.174. The minimum Gasteiger partial charge on any atom is -0.330 e. The molecule has 0 aromatic heterocycles. The van der Waals surface area contributed by atoms with Gasteiger partial charge in [0.25, 0.3) is 0 Å². The molecule has 0 amide bonds. The number of nitrogens with two attached hydrogens (primary N) is 1. The Labute approximate surface area is 95.0 Å². The highest BCUT2D eigenvalue weighted by Gasteiger charge is 2.40. The van der Waals surface area contributed by atoms with Crippen LogP contribution in [-0.2, 0) is 0 Å². The second-order valence-corrected chi connectivity index (χ2v) is 4.50. The van der Waals surface area contributed by atoms with E-state index in [4.69, 9.17) is 5.73 Å². The quantitative estimate of drug-likeness (QED) is 0.797. The maximum absolute atomic E-state index is 12.6. The van der Waals surface area contributed by atoms with Crippen molar-refractivity contribution in [1.29, 1.82) is 0 Å². The van der Waals surface area contributed by atoms with Crippen molar-refractivity contribution in [2.24, 2.45) is 11.7 Å². The van der Waals surface area contributed by atoms with Crippen LogP contribution < -0.4 is 5.73 Å². The lowest BCUT2D eigenvalue weighted by molar-refractivity contribution is -0.177. The predicted octanol–water partition coefficient (Wildman–Crippen LogP) is 2.39. The van der Waals surface area contributed by atoms with Gasteiger partial charge >= 0.3 is 6.18 Å². The van der Waals surface area contributed by atoms with Crippen molar-refractivity contribution in [3.63, 3.8) is 0 Å². The maximum Gasteiger partial charge on any atom is 0.394 e. The van der Waals surface area contributed by atoms with Crippen LogP contribution in [0.15, 0.2) is 0 Å². The number of hydrogen-bond acceptors (Lipinski definition) is 2. The van der Waals surface area contributed by atoms with E-state index in [9.17, 15) is 13.2 Å². The van der Waals surface area contributed by atoms with Crippen LogP contribution in [0, 0.1) is 5.92 Å². The third kappa shape index (κ3) is 3.63. The molecule has 2 N–H and O–H groups in total. The largest absolute Gasteiger partial charge is 0.394 e. The third-order valence-corrected chi connectivity index (χ3v) is 3.45. The Morgan fingerprint density at radius 1 is 1.31 bits per heavy atom. The summed E-state index contributed by atoms with van der Waals surface area (Å²) in [6.45, 7) is 2.34. The Morgan fingerprint density at radius 2 is 1.88 bits per heavy atom. The van der Waals surface area contributed by atoms with Crippen LogP contribution in [0.1, 0.15) is 32.6 Å². The summed E-state index contributed by atoms with van der Waals surface area (Å²) in [5, 5.41) is 0. The first-order chi connectivity index (χ1) is 7.49. The molecule has 16 heavy (non-hydrogen) atoms. The number of alkyl halides is 3. The van der Waals surface area contributed by atoms with E-state index >= 15 is 0 Å². The van der Waals surface area contributed by atoms with E-state index < -0.39 is 12.1 Å². The fourth-order valence-electron chi connectivity index (χ4n) is 2.40. The molecule has 0 spiro atoms. The van der Waals surface area contributed by atoms with Crippen LogP contribution >= 0.6 is 0 Å². The monoisotopic (exact) mass is 238 g/mol. The van der Waals surface area contributed by atoms with E-state index in [-0.39, 0.29) is 13.1 Å². The molecule has 0 radical (unpaired) electrons. The van der Waals surface area contributed by atoms with Gasteiger partial charge in [0.2, 0.25) is 0 Å². The Hall–Kier alpha value is -0.290. The first-order valence-electron chi connectivity index (χ1n) is 5.99. The summed E-state index contributed by atoms with van der Waals surface area (Å²) in [6, 6.07) is 0.335. The molecule has 1 aliphatic rings. The molecule has 1 aliphatic carbocycles. The highest BCUT2D eigenvalue weighted by Crippen LogP contribution is 2.29. The fourth-order valence-corrected chi connectivity index (χ4v) is 2.40. The van der Waals surface area contributed by atoms with Crippen LogP contribution in [-0.4, -0.2) is 36.8 Å². The fraction of sp³-hybridized carbons (Fsp3) is 1.00. The molecule has 0 aromatic carbocycles. The van der Waals surface area contributed by atoms with E-state index in [0.29, 0.717) is 12.6 Å². The van der Waals surface area contributed by atoms with Crippen molar-refractivity contribution in [3.05, 3.63) is 0 Å². The molecule has 1 unspecified atom stereocenters. The van der Waals surface area contributed by atoms with Crippen molar-refractivity contribution in [2.45, 2.75) is 44.8 Å². The van der Waals surface area contributed by atoms with Gasteiger partial charge in [0.05, 0.1) is 5.92 Å². The second-order valence-electron chi connectivity index (χ2n) is 4.50. The van der Waals surface area contributed by atoms with Gasteiger partial charge < -0.3 is 5.73 Å². The molecule has 0 aromatic rings. The van der Waals surface area contributed by atoms with Gasteiger partial charge in [-0.15, -0.1) is 0 Å². The Kier molecular flexibility index (Phi) is 5.05. The Bertz CT molecular complexity index is 200. The van der Waals surface area contributed by atoms with Crippen LogP contribution in [0.2, 0.25) is 0 Å². The first-order valence-corrected chi connectivity index (χ1v) is 5.99. The van der Waals surface area contributed by atoms with Crippen LogP contribution in [0.25, 0.3) is 0 Å². The topological polar surface area (TPSA) is 29.3 Å². The highest BCUT2D eigenvalue weighted by molar-refractivity contribution is 4.81. The molecule has 2 nitrogen and oxygen atoms in total. The smallest absolute Gasteiger partial charge is 0.330 e. The summed E-state index contributed by atoms with van der Waals surface area (Å²) in [5.74, 6) is -1.38. The van der Waals surface area contributed by atoms with E-state index in [1.54, 1.807) is 0 Å². The van der Waals surface area contributed by atoms with Gasteiger partial charge in [-0.25, -0.2) is 0 Å². The van der Waals surface area contributed by atoms with Gasteiger partial charge in [-0.1, -0.05) is 19.8 Å². The van der Waals surface area contributed by atoms with E-state index in [1.165, 1.54) is 0 Å². The Balaban J connectivity index is 2.53. The lowest BCUT2D eigenvalue weighted by atomic mass is 10.1. The lowest BCUT2D eigenvalue weighted by Crippen LogP contribution is -2.44. The van der Waals surface area contributed by atoms with E-state index in [0.717, 1.165) is 25.7 Å². The molecule has 0 heterocycles. The molecular formula is C11H21F3N2. The average Bonchev–Trinajstić information content (AvgIpc) is 2.70. The van der Waals surface area contributed by atoms with Crippen molar-refractivity contribution < 1.29 is 13.2 Å². The summed E-state index contributed by atoms with van der Waals surface area (Å²) in [4.78, 5) is 1.94. The summed E-state index contributed by atoms with van der Waals surface area (Å²) in [7, 11) is 0. The number of hydrogen-bond donors (Lipinski definition) is 1. The molecule has 0 bridgehead atoms. The van der Waals surface area contributed by atoms with Gasteiger partial charge in [0, 0.05) is 19.1 Å². The van der Waals surface area contributed by atoms with E-state index in [2.05, 4.69) is 0 Å². The van der Waals surface area contributed by atoms with Crippen molar-refractivity contribution >= 4 is 0 Å². The molecule has 1 atom stereocenters. The SMILES string of the molecule is CCN(CC(CN)C(F)(F)F)C1CCCC1. The minimum atomic E-state index is -4.17. The number of nitrogens with zero attached hydrogens (tertiary/aromatic N) is 1. The molecule has 0 aliphatic heterocycles. The van der Waals surface area contributed by atoms with Crippen LogP contribution in [0.3, 0.4) is 0 Å². The summed E-state index contributed by atoms with van der Waals surface area (Å²) < 4.78 is 37.8. The number of halogens is 3. The summed E-state index contributed by atoms with van der Waals surface area (Å²) >= 11 is 0. The lowest BCUT2D eigenvalue weighted by Gasteiger charge is -2.31. The molecular weight excluding hydrogens is 217 g/mol. The molecule has 5 heteroatoms. The van der Waals surface area contributed by atoms with Gasteiger partial charge in [0.1, 0.15) is 0 Å².